The second-order valence-corrected chi connectivity index (χ2v) is 10.4. The molecule has 11 nitrogen and oxygen atoms in total. The lowest BCUT2D eigenvalue weighted by Gasteiger charge is -2.26. The van der Waals surface area contributed by atoms with Crippen LogP contribution in [0.25, 0.3) is 5.82 Å². The number of anilines is 4. The molecule has 1 aliphatic heterocycles. The van der Waals surface area contributed by atoms with Gasteiger partial charge in [0.25, 0.3) is 5.91 Å². The molecule has 244 valence electrons. The van der Waals surface area contributed by atoms with Crippen LogP contribution in [0.2, 0.25) is 0 Å². The summed E-state index contributed by atoms with van der Waals surface area (Å²) in [6, 6.07) is 23.1. The van der Waals surface area contributed by atoms with E-state index in [-0.39, 0.29) is 11.4 Å². The Kier molecular flexibility index (Phi) is 11.1. The number of halogens is 3. The van der Waals surface area contributed by atoms with Gasteiger partial charge in [-0.25, -0.2) is 15.0 Å². The van der Waals surface area contributed by atoms with Crippen LogP contribution < -0.4 is 16.0 Å². The van der Waals surface area contributed by atoms with Crippen LogP contribution in [0, 0.1) is 6.92 Å². The zero-order valence-corrected chi connectivity index (χ0v) is 25.6. The van der Waals surface area contributed by atoms with Gasteiger partial charge in [-0.05, 0) is 36.8 Å². The summed E-state index contributed by atoms with van der Waals surface area (Å²) >= 11 is 0. The molecule has 2 aromatic carbocycles. The van der Waals surface area contributed by atoms with E-state index in [0.717, 1.165) is 50.5 Å². The number of benzene rings is 2. The third-order valence-electron chi connectivity index (χ3n) is 7.04. The average Bonchev–Trinajstić information content (AvgIpc) is 3.55. The monoisotopic (exact) mass is 645 g/mol. The molecule has 1 fully saturated rings. The number of morpholine rings is 1. The molecule has 0 unspecified atom stereocenters. The Morgan fingerprint density at radius 2 is 1.68 bits per heavy atom. The Morgan fingerprint density at radius 3 is 2.40 bits per heavy atom. The van der Waals surface area contributed by atoms with E-state index < -0.39 is 17.6 Å². The number of amides is 1. The van der Waals surface area contributed by atoms with Crippen molar-refractivity contribution in [2.45, 2.75) is 13.1 Å². The highest BCUT2D eigenvalue weighted by Gasteiger charge is 2.30. The largest absolute Gasteiger partial charge is 0.416 e. The highest BCUT2D eigenvalue weighted by Crippen LogP contribution is 2.31. The summed E-state index contributed by atoms with van der Waals surface area (Å²) in [5, 5.41) is 13.3. The fourth-order valence-corrected chi connectivity index (χ4v) is 4.56. The molecule has 0 aliphatic carbocycles. The standard InChI is InChI=1S/C27H28F3N9O2.C6H6/c1-18-5-6-21(26(40)35-20-4-2-3-19(15-20)27(28,29)30)36-25(18)37-23-7-8-34-39(23)24-16-22(32-17-33-24)31-9-10-38-11-13-41-14-12-38;1-2-4-6-5-3-1/h2-8,15-17H,9-14H2,1H3,(H,35,40)(H,36,37)(H,31,32,33);1-6H. The second-order valence-electron chi connectivity index (χ2n) is 10.4. The van der Waals surface area contributed by atoms with E-state index >= 15 is 0 Å². The average molecular weight is 646 g/mol. The second kappa shape index (κ2) is 15.8. The maximum atomic E-state index is 13.1. The molecular formula is C33H34F3N9O2. The Bertz CT molecular complexity index is 1720. The molecule has 0 saturated carbocycles. The van der Waals surface area contributed by atoms with Gasteiger partial charge < -0.3 is 20.7 Å². The van der Waals surface area contributed by atoms with Crippen LogP contribution in [0.5, 0.6) is 0 Å². The molecule has 0 atom stereocenters. The number of carbonyl (C=O) groups is 1. The third-order valence-corrected chi connectivity index (χ3v) is 7.04. The molecule has 4 heterocycles. The lowest BCUT2D eigenvalue weighted by Crippen LogP contribution is -2.39. The number of hydrogen-bond donors (Lipinski definition) is 3. The van der Waals surface area contributed by atoms with Crippen molar-refractivity contribution < 1.29 is 22.7 Å². The Morgan fingerprint density at radius 1 is 0.936 bits per heavy atom. The van der Waals surface area contributed by atoms with Gasteiger partial charge in [-0.3, -0.25) is 9.69 Å². The van der Waals surface area contributed by atoms with Crippen molar-refractivity contribution in [2.24, 2.45) is 0 Å². The topological polar surface area (TPSA) is 122 Å². The van der Waals surface area contributed by atoms with E-state index in [1.54, 1.807) is 29.1 Å². The van der Waals surface area contributed by atoms with Gasteiger partial charge in [-0.15, -0.1) is 0 Å². The highest BCUT2D eigenvalue weighted by atomic mass is 19.4. The maximum Gasteiger partial charge on any atom is 0.416 e. The van der Waals surface area contributed by atoms with E-state index in [4.69, 9.17) is 4.74 Å². The van der Waals surface area contributed by atoms with Gasteiger partial charge in [-0.2, -0.15) is 23.0 Å². The smallest absolute Gasteiger partial charge is 0.379 e. The van der Waals surface area contributed by atoms with E-state index in [2.05, 4.69) is 40.9 Å². The SMILES string of the molecule is Cc1ccc(C(=O)Nc2cccc(C(F)(F)F)c2)nc1Nc1ccnn1-c1cc(NCCN2CCOCC2)ncn1.c1ccccc1. The fourth-order valence-electron chi connectivity index (χ4n) is 4.56. The molecule has 1 aliphatic rings. The van der Waals surface area contributed by atoms with Gasteiger partial charge in [0.05, 0.1) is 25.0 Å². The van der Waals surface area contributed by atoms with Crippen molar-refractivity contribution in [3.63, 3.8) is 0 Å². The molecule has 3 N–H and O–H groups in total. The minimum absolute atomic E-state index is 0.0119. The number of aryl methyl sites for hydroxylation is 1. The number of aromatic nitrogens is 5. The van der Waals surface area contributed by atoms with Crippen LogP contribution in [0.3, 0.4) is 0 Å². The molecular weight excluding hydrogens is 611 g/mol. The van der Waals surface area contributed by atoms with Gasteiger partial charge in [0.2, 0.25) is 0 Å². The summed E-state index contributed by atoms with van der Waals surface area (Å²) in [5.74, 6) is 1.42. The van der Waals surface area contributed by atoms with E-state index in [9.17, 15) is 18.0 Å². The van der Waals surface area contributed by atoms with Crippen molar-refractivity contribution in [3.8, 4) is 5.82 Å². The highest BCUT2D eigenvalue weighted by molar-refractivity contribution is 6.03. The number of hydrogen-bond acceptors (Lipinski definition) is 9. The number of carbonyl (C=O) groups excluding carboxylic acids is 1. The first kappa shape index (κ1) is 33.0. The normalized spacial score (nSPS) is 13.3. The quantitative estimate of drug-likeness (QED) is 0.182. The van der Waals surface area contributed by atoms with Crippen LogP contribution in [-0.2, 0) is 10.9 Å². The van der Waals surface area contributed by atoms with Crippen LogP contribution in [0.1, 0.15) is 21.6 Å². The van der Waals surface area contributed by atoms with Crippen molar-refractivity contribution in [1.29, 1.82) is 0 Å². The molecule has 0 bridgehead atoms. The van der Waals surface area contributed by atoms with Crippen molar-refractivity contribution in [3.05, 3.63) is 114 Å². The minimum atomic E-state index is -4.52. The summed E-state index contributed by atoms with van der Waals surface area (Å²) in [5.41, 5.74) is -0.0854. The predicted molar refractivity (Wildman–Crippen MR) is 173 cm³/mol. The number of pyridine rings is 1. The summed E-state index contributed by atoms with van der Waals surface area (Å²) in [4.78, 5) is 28.2. The summed E-state index contributed by atoms with van der Waals surface area (Å²) in [6.07, 6.45) is -1.48. The number of nitrogens with zero attached hydrogens (tertiary/aromatic N) is 6. The van der Waals surface area contributed by atoms with Crippen LogP contribution in [0.4, 0.5) is 36.3 Å². The van der Waals surface area contributed by atoms with Crippen molar-refractivity contribution >= 4 is 29.0 Å². The van der Waals surface area contributed by atoms with Crippen LogP contribution in [0.15, 0.2) is 97.5 Å². The Hall–Kier alpha value is -5.34. The summed E-state index contributed by atoms with van der Waals surface area (Å²) in [6.45, 7) is 6.67. The van der Waals surface area contributed by atoms with Gasteiger partial charge in [0.15, 0.2) is 5.82 Å². The zero-order chi connectivity index (χ0) is 33.1. The van der Waals surface area contributed by atoms with E-state index in [0.29, 0.717) is 29.8 Å². The van der Waals surface area contributed by atoms with Gasteiger partial charge >= 0.3 is 6.18 Å². The van der Waals surface area contributed by atoms with Crippen LogP contribution in [-0.4, -0.2) is 74.9 Å². The molecule has 0 radical (unpaired) electrons. The molecule has 47 heavy (non-hydrogen) atoms. The number of alkyl halides is 3. The van der Waals surface area contributed by atoms with Crippen LogP contribution >= 0.6 is 0 Å². The van der Waals surface area contributed by atoms with E-state index in [1.807, 2.05) is 43.3 Å². The number of rotatable bonds is 9. The van der Waals surface area contributed by atoms with Gasteiger partial charge in [0, 0.05) is 44.0 Å². The molecule has 14 heteroatoms. The van der Waals surface area contributed by atoms with Crippen molar-refractivity contribution in [1.82, 2.24) is 29.6 Å². The fraction of sp³-hybridized carbons (Fsp3) is 0.242. The Balaban J connectivity index is 0.000000650. The first-order valence-electron chi connectivity index (χ1n) is 14.9. The lowest BCUT2D eigenvalue weighted by atomic mass is 10.2. The first-order chi connectivity index (χ1) is 22.8. The zero-order valence-electron chi connectivity index (χ0n) is 25.6. The van der Waals surface area contributed by atoms with Gasteiger partial charge in [0.1, 0.15) is 29.5 Å². The number of nitrogens with one attached hydrogen (secondary N) is 3. The molecule has 6 rings (SSSR count). The molecule has 3 aromatic heterocycles. The third kappa shape index (κ3) is 9.58. The first-order valence-corrected chi connectivity index (χ1v) is 14.9. The number of ether oxygens (including phenoxy) is 1. The lowest BCUT2D eigenvalue weighted by molar-refractivity contribution is -0.137. The van der Waals surface area contributed by atoms with Gasteiger partial charge in [-0.1, -0.05) is 48.5 Å². The maximum absolute atomic E-state index is 13.1. The molecule has 5 aromatic rings. The predicted octanol–water partition coefficient (Wildman–Crippen LogP) is 5.81. The Labute approximate surface area is 269 Å². The minimum Gasteiger partial charge on any atom is -0.379 e. The molecule has 1 amide bonds. The summed E-state index contributed by atoms with van der Waals surface area (Å²) < 4.78 is 46.1. The van der Waals surface area contributed by atoms with Crippen molar-refractivity contribution in [2.75, 3.05) is 55.3 Å². The molecule has 1 saturated heterocycles. The van der Waals surface area contributed by atoms with E-state index in [1.165, 1.54) is 24.5 Å². The summed E-state index contributed by atoms with van der Waals surface area (Å²) in [7, 11) is 0. The molecule has 0 spiro atoms.